The summed E-state index contributed by atoms with van der Waals surface area (Å²) in [5.41, 5.74) is 3.68. The minimum Gasteiger partial charge on any atom is -0.403 e. The van der Waals surface area contributed by atoms with Crippen LogP contribution in [0.5, 0.6) is 0 Å². The molecule has 0 amide bonds. The number of nitrogens with one attached hydrogen (secondary N) is 1. The predicted molar refractivity (Wildman–Crippen MR) is 88.1 cm³/mol. The van der Waals surface area contributed by atoms with Gasteiger partial charge in [-0.15, -0.1) is 5.10 Å². The topological polar surface area (TPSA) is 94.6 Å². The molecule has 0 aliphatic rings. The van der Waals surface area contributed by atoms with Crippen molar-refractivity contribution in [2.75, 3.05) is 5.32 Å². The minimum atomic E-state index is 0.366. The summed E-state index contributed by atoms with van der Waals surface area (Å²) in [6.45, 7) is 2.51. The van der Waals surface area contributed by atoms with Gasteiger partial charge in [-0.1, -0.05) is 5.10 Å². The van der Waals surface area contributed by atoms with Crippen LogP contribution < -0.4 is 5.32 Å². The molecule has 8 nitrogen and oxygen atoms in total. The zero-order valence-corrected chi connectivity index (χ0v) is 13.3. The van der Waals surface area contributed by atoms with Gasteiger partial charge in [-0.25, -0.2) is 4.98 Å². The van der Waals surface area contributed by atoms with E-state index in [0.717, 1.165) is 27.9 Å². The number of pyridine rings is 2. The van der Waals surface area contributed by atoms with E-state index in [1.165, 1.54) is 0 Å². The number of rotatable bonds is 4. The summed E-state index contributed by atoms with van der Waals surface area (Å²) < 4.78 is 7.39. The third-order valence-electron chi connectivity index (χ3n) is 3.72. The monoisotopic (exact) mass is 321 g/mol. The van der Waals surface area contributed by atoms with Gasteiger partial charge in [-0.2, -0.15) is 5.10 Å². The van der Waals surface area contributed by atoms with Crippen molar-refractivity contribution in [3.8, 4) is 11.5 Å². The van der Waals surface area contributed by atoms with Gasteiger partial charge in [-0.05, 0) is 30.7 Å². The number of aryl methyl sites for hydroxylation is 2. The number of nitrogens with zero attached hydrogens (tertiary/aromatic N) is 6. The smallest absolute Gasteiger partial charge is 0.316 e. The summed E-state index contributed by atoms with van der Waals surface area (Å²) in [7, 11) is 1.89. The molecule has 0 aliphatic heterocycles. The van der Waals surface area contributed by atoms with Gasteiger partial charge in [0.1, 0.15) is 0 Å². The number of hydrogen-bond acceptors (Lipinski definition) is 7. The number of anilines is 1. The molecule has 8 heteroatoms. The Morgan fingerprint density at radius 3 is 2.88 bits per heavy atom. The molecule has 1 N–H and O–H groups in total. The van der Waals surface area contributed by atoms with Gasteiger partial charge in [0.2, 0.25) is 5.89 Å². The van der Waals surface area contributed by atoms with Crippen LogP contribution in [0.25, 0.3) is 22.5 Å². The van der Waals surface area contributed by atoms with Crippen molar-refractivity contribution in [3.05, 3.63) is 48.0 Å². The van der Waals surface area contributed by atoms with Crippen LogP contribution in [0.1, 0.15) is 11.3 Å². The normalized spacial score (nSPS) is 11.1. The number of aromatic nitrogens is 6. The summed E-state index contributed by atoms with van der Waals surface area (Å²) in [6, 6.07) is 6.07. The quantitative estimate of drug-likeness (QED) is 0.616. The second-order valence-corrected chi connectivity index (χ2v) is 5.43. The van der Waals surface area contributed by atoms with Gasteiger partial charge in [0, 0.05) is 43.1 Å². The molecular formula is C16H15N7O. The molecule has 24 heavy (non-hydrogen) atoms. The lowest BCUT2D eigenvalue weighted by atomic mass is 10.2. The van der Waals surface area contributed by atoms with Gasteiger partial charge in [0.05, 0.1) is 5.69 Å². The summed E-state index contributed by atoms with van der Waals surface area (Å²) in [6.07, 6.45) is 5.18. The Labute approximate surface area is 137 Å². The van der Waals surface area contributed by atoms with E-state index >= 15 is 0 Å². The van der Waals surface area contributed by atoms with E-state index in [1.54, 1.807) is 17.1 Å². The third-order valence-corrected chi connectivity index (χ3v) is 3.72. The molecule has 0 saturated carbocycles. The summed E-state index contributed by atoms with van der Waals surface area (Å²) >= 11 is 0. The second kappa shape index (κ2) is 5.73. The maximum Gasteiger partial charge on any atom is 0.316 e. The van der Waals surface area contributed by atoms with Crippen LogP contribution in [0.15, 0.2) is 41.2 Å². The number of fused-ring (bicyclic) bond motifs is 1. The van der Waals surface area contributed by atoms with E-state index in [2.05, 4.69) is 36.6 Å². The van der Waals surface area contributed by atoms with E-state index in [4.69, 9.17) is 4.42 Å². The van der Waals surface area contributed by atoms with E-state index < -0.39 is 0 Å². The van der Waals surface area contributed by atoms with Crippen molar-refractivity contribution >= 4 is 17.0 Å². The molecule has 0 aliphatic carbocycles. The molecule has 0 atom stereocenters. The molecule has 0 bridgehead atoms. The fourth-order valence-corrected chi connectivity index (χ4v) is 2.53. The largest absolute Gasteiger partial charge is 0.403 e. The first-order valence-corrected chi connectivity index (χ1v) is 7.47. The summed E-state index contributed by atoms with van der Waals surface area (Å²) in [5.74, 6) is 0.455. The predicted octanol–water partition coefficient (Wildman–Crippen LogP) is 2.33. The Morgan fingerprint density at radius 1 is 1.21 bits per heavy atom. The standard InChI is InChI=1S/C16H15N7O/c1-10-13-7-11(8-18-14(13)23(2)22-10)9-19-16-21-20-15(24-16)12-3-5-17-6-4-12/h3-8H,9H2,1-2H3,(H,19,21). The molecule has 0 unspecified atom stereocenters. The Kier molecular flexibility index (Phi) is 3.42. The first-order valence-electron chi connectivity index (χ1n) is 7.47. The van der Waals surface area contributed by atoms with Crippen molar-refractivity contribution in [1.29, 1.82) is 0 Å². The molecule has 4 heterocycles. The summed E-state index contributed by atoms with van der Waals surface area (Å²) in [5, 5.41) is 16.6. The molecule has 4 aromatic heterocycles. The van der Waals surface area contributed by atoms with E-state index in [-0.39, 0.29) is 0 Å². The molecule has 0 saturated heterocycles. The lowest BCUT2D eigenvalue weighted by Gasteiger charge is -2.02. The highest BCUT2D eigenvalue weighted by atomic mass is 16.4. The average Bonchev–Trinajstić information content (AvgIpc) is 3.19. The lowest BCUT2D eigenvalue weighted by Crippen LogP contribution is -2.00. The van der Waals surface area contributed by atoms with Gasteiger partial charge in [-0.3, -0.25) is 9.67 Å². The molecule has 4 rings (SSSR count). The van der Waals surface area contributed by atoms with Gasteiger partial charge < -0.3 is 9.73 Å². The van der Waals surface area contributed by atoms with E-state index in [1.807, 2.05) is 32.3 Å². The van der Waals surface area contributed by atoms with Gasteiger partial charge in [0.25, 0.3) is 0 Å². The zero-order chi connectivity index (χ0) is 16.5. The SMILES string of the molecule is Cc1nn(C)c2ncc(CNc3nnc(-c4ccncc4)o3)cc12. The van der Waals surface area contributed by atoms with Crippen LogP contribution in [0.4, 0.5) is 6.01 Å². The number of hydrogen-bond donors (Lipinski definition) is 1. The van der Waals surface area contributed by atoms with Crippen molar-refractivity contribution < 1.29 is 4.42 Å². The Balaban J connectivity index is 1.51. The van der Waals surface area contributed by atoms with Crippen LogP contribution in [-0.2, 0) is 13.6 Å². The van der Waals surface area contributed by atoms with E-state index in [9.17, 15) is 0 Å². The highest BCUT2D eigenvalue weighted by molar-refractivity contribution is 5.78. The third kappa shape index (κ3) is 2.58. The first-order chi connectivity index (χ1) is 11.7. The van der Waals surface area contributed by atoms with Crippen molar-refractivity contribution in [1.82, 2.24) is 29.9 Å². The maximum atomic E-state index is 5.61. The molecule has 4 aromatic rings. The second-order valence-electron chi connectivity index (χ2n) is 5.43. The molecule has 120 valence electrons. The minimum absolute atomic E-state index is 0.366. The van der Waals surface area contributed by atoms with Crippen LogP contribution >= 0.6 is 0 Å². The Morgan fingerprint density at radius 2 is 2.04 bits per heavy atom. The van der Waals surface area contributed by atoms with Crippen LogP contribution in [0, 0.1) is 6.92 Å². The first kappa shape index (κ1) is 14.3. The molecular weight excluding hydrogens is 306 g/mol. The van der Waals surface area contributed by atoms with Crippen molar-refractivity contribution in [2.24, 2.45) is 7.05 Å². The van der Waals surface area contributed by atoms with Gasteiger partial charge >= 0.3 is 6.01 Å². The zero-order valence-electron chi connectivity index (χ0n) is 13.3. The van der Waals surface area contributed by atoms with Crippen LogP contribution in [0.2, 0.25) is 0 Å². The highest BCUT2D eigenvalue weighted by Gasteiger charge is 2.10. The molecule has 0 fully saturated rings. The fraction of sp³-hybridized carbons (Fsp3) is 0.188. The Hall–Kier alpha value is -3.29. The van der Waals surface area contributed by atoms with Crippen LogP contribution in [0.3, 0.4) is 0 Å². The maximum absolute atomic E-state index is 5.61. The van der Waals surface area contributed by atoms with Crippen molar-refractivity contribution in [3.63, 3.8) is 0 Å². The van der Waals surface area contributed by atoms with E-state index in [0.29, 0.717) is 18.5 Å². The fourth-order valence-electron chi connectivity index (χ4n) is 2.53. The Bertz CT molecular complexity index is 990. The lowest BCUT2D eigenvalue weighted by molar-refractivity contribution is 0.580. The van der Waals surface area contributed by atoms with Crippen LogP contribution in [-0.4, -0.2) is 29.9 Å². The molecule has 0 radical (unpaired) electrons. The highest BCUT2D eigenvalue weighted by Crippen LogP contribution is 2.20. The average molecular weight is 321 g/mol. The molecule has 0 aromatic carbocycles. The summed E-state index contributed by atoms with van der Waals surface area (Å²) in [4.78, 5) is 8.42. The molecule has 0 spiro atoms. The van der Waals surface area contributed by atoms with Crippen molar-refractivity contribution in [2.45, 2.75) is 13.5 Å². The van der Waals surface area contributed by atoms with Gasteiger partial charge in [0.15, 0.2) is 5.65 Å².